The molecule has 1 unspecified atom stereocenters. The van der Waals surface area contributed by atoms with E-state index in [9.17, 15) is 4.79 Å². The molecule has 0 bridgehead atoms. The first-order chi connectivity index (χ1) is 13.3. The number of hydrogen-bond donors (Lipinski definition) is 1. The van der Waals surface area contributed by atoms with E-state index in [0.29, 0.717) is 6.42 Å². The Hall–Kier alpha value is -3.07. The molecule has 3 heteroatoms. The van der Waals surface area contributed by atoms with Gasteiger partial charge in [-0.1, -0.05) is 78.9 Å². The predicted octanol–water partition coefficient (Wildman–Crippen LogP) is 4.73. The lowest BCUT2D eigenvalue weighted by molar-refractivity contribution is -0.121. The quantitative estimate of drug-likeness (QED) is 0.631. The van der Waals surface area contributed by atoms with Crippen LogP contribution in [0, 0.1) is 0 Å². The van der Waals surface area contributed by atoms with E-state index in [1.54, 1.807) is 7.11 Å². The molecular weight excluding hydrogens is 334 g/mol. The van der Waals surface area contributed by atoms with Gasteiger partial charge in [-0.05, 0) is 30.0 Å². The fourth-order valence-electron chi connectivity index (χ4n) is 3.23. The Morgan fingerprint density at radius 1 is 0.889 bits per heavy atom. The number of methoxy groups -OCH3 is 1. The SMILES string of the molecule is COc1ccccc1CC(=O)NC(CCc1ccccc1)c1ccccc1. The smallest absolute Gasteiger partial charge is 0.225 e. The van der Waals surface area contributed by atoms with Crippen LogP contribution in [-0.4, -0.2) is 13.0 Å². The summed E-state index contributed by atoms with van der Waals surface area (Å²) in [5.41, 5.74) is 3.30. The molecule has 0 aromatic heterocycles. The number of aryl methyl sites for hydroxylation is 1. The van der Waals surface area contributed by atoms with Crippen molar-refractivity contribution in [2.75, 3.05) is 7.11 Å². The van der Waals surface area contributed by atoms with Crippen molar-refractivity contribution in [1.82, 2.24) is 5.32 Å². The van der Waals surface area contributed by atoms with Crippen LogP contribution in [0.4, 0.5) is 0 Å². The van der Waals surface area contributed by atoms with E-state index in [0.717, 1.165) is 29.7 Å². The topological polar surface area (TPSA) is 38.3 Å². The Morgan fingerprint density at radius 2 is 1.52 bits per heavy atom. The highest BCUT2D eigenvalue weighted by molar-refractivity contribution is 5.79. The molecule has 0 saturated heterocycles. The van der Waals surface area contributed by atoms with Gasteiger partial charge in [-0.15, -0.1) is 0 Å². The lowest BCUT2D eigenvalue weighted by Crippen LogP contribution is -2.30. The summed E-state index contributed by atoms with van der Waals surface area (Å²) in [4.78, 5) is 12.7. The van der Waals surface area contributed by atoms with Crippen molar-refractivity contribution >= 4 is 5.91 Å². The van der Waals surface area contributed by atoms with Crippen LogP contribution in [0.1, 0.15) is 29.2 Å². The first-order valence-corrected chi connectivity index (χ1v) is 9.26. The molecule has 1 atom stereocenters. The molecule has 27 heavy (non-hydrogen) atoms. The molecule has 3 aromatic carbocycles. The third-order valence-corrected chi connectivity index (χ3v) is 4.65. The number of carbonyl (C=O) groups is 1. The van der Waals surface area contributed by atoms with Gasteiger partial charge in [-0.25, -0.2) is 0 Å². The van der Waals surface area contributed by atoms with Gasteiger partial charge >= 0.3 is 0 Å². The van der Waals surface area contributed by atoms with Gasteiger partial charge in [0.2, 0.25) is 5.91 Å². The predicted molar refractivity (Wildman–Crippen MR) is 109 cm³/mol. The van der Waals surface area contributed by atoms with Gasteiger partial charge in [-0.2, -0.15) is 0 Å². The third kappa shape index (κ3) is 5.45. The Morgan fingerprint density at radius 3 is 2.22 bits per heavy atom. The molecule has 3 nitrogen and oxygen atoms in total. The monoisotopic (exact) mass is 359 g/mol. The molecule has 1 amide bonds. The molecule has 0 aliphatic carbocycles. The average Bonchev–Trinajstić information content (AvgIpc) is 2.73. The molecular formula is C24H25NO2. The number of nitrogens with one attached hydrogen (secondary N) is 1. The zero-order chi connectivity index (χ0) is 18.9. The molecule has 0 aliphatic rings. The van der Waals surface area contributed by atoms with Crippen LogP contribution in [-0.2, 0) is 17.6 Å². The van der Waals surface area contributed by atoms with E-state index in [1.165, 1.54) is 5.56 Å². The lowest BCUT2D eigenvalue weighted by Gasteiger charge is -2.20. The maximum absolute atomic E-state index is 12.7. The van der Waals surface area contributed by atoms with Gasteiger partial charge in [0.1, 0.15) is 5.75 Å². The molecule has 1 N–H and O–H groups in total. The second-order valence-electron chi connectivity index (χ2n) is 6.54. The van der Waals surface area contributed by atoms with Gasteiger partial charge in [0.05, 0.1) is 19.6 Å². The first kappa shape index (κ1) is 18.7. The molecule has 0 saturated carbocycles. The number of carbonyl (C=O) groups excluding carboxylic acids is 1. The summed E-state index contributed by atoms with van der Waals surface area (Å²) in [6, 6.07) is 28.1. The zero-order valence-corrected chi connectivity index (χ0v) is 15.6. The maximum atomic E-state index is 12.7. The van der Waals surface area contributed by atoms with Crippen LogP contribution in [0.2, 0.25) is 0 Å². The Kier molecular flexibility index (Phi) is 6.64. The van der Waals surface area contributed by atoms with Gasteiger partial charge < -0.3 is 10.1 Å². The summed E-state index contributed by atoms with van der Waals surface area (Å²) < 4.78 is 5.36. The largest absolute Gasteiger partial charge is 0.496 e. The summed E-state index contributed by atoms with van der Waals surface area (Å²) in [5.74, 6) is 0.745. The standard InChI is InChI=1S/C24H25NO2/c1-27-23-15-9-8-14-21(23)18-24(26)25-22(20-12-6-3-7-13-20)17-16-19-10-4-2-5-11-19/h2-15,22H,16-18H2,1H3,(H,25,26). The first-order valence-electron chi connectivity index (χ1n) is 9.26. The van der Waals surface area contributed by atoms with E-state index in [1.807, 2.05) is 60.7 Å². The minimum absolute atomic E-state index is 0.00131. The van der Waals surface area contributed by atoms with Crippen molar-refractivity contribution in [2.24, 2.45) is 0 Å². The highest BCUT2D eigenvalue weighted by Crippen LogP contribution is 2.21. The summed E-state index contributed by atoms with van der Waals surface area (Å²) in [7, 11) is 1.63. The summed E-state index contributed by atoms with van der Waals surface area (Å²) in [6.45, 7) is 0. The molecule has 0 radical (unpaired) electrons. The number of ether oxygens (including phenoxy) is 1. The van der Waals surface area contributed by atoms with Crippen LogP contribution in [0.3, 0.4) is 0 Å². The molecule has 3 aromatic rings. The summed E-state index contributed by atoms with van der Waals surface area (Å²) in [6.07, 6.45) is 2.07. The lowest BCUT2D eigenvalue weighted by atomic mass is 9.98. The van der Waals surface area contributed by atoms with Crippen molar-refractivity contribution in [1.29, 1.82) is 0 Å². The zero-order valence-electron chi connectivity index (χ0n) is 15.6. The van der Waals surface area contributed by atoms with Crippen molar-refractivity contribution in [3.63, 3.8) is 0 Å². The molecule has 0 heterocycles. The second-order valence-corrected chi connectivity index (χ2v) is 6.54. The average molecular weight is 359 g/mol. The second kappa shape index (κ2) is 9.58. The number of para-hydroxylation sites is 1. The van der Waals surface area contributed by atoms with Crippen LogP contribution < -0.4 is 10.1 Å². The van der Waals surface area contributed by atoms with E-state index < -0.39 is 0 Å². The van der Waals surface area contributed by atoms with Gasteiger partial charge in [0.15, 0.2) is 0 Å². The third-order valence-electron chi connectivity index (χ3n) is 4.65. The van der Waals surface area contributed by atoms with Crippen LogP contribution in [0.15, 0.2) is 84.9 Å². The number of amides is 1. The van der Waals surface area contributed by atoms with Gasteiger partial charge in [-0.3, -0.25) is 4.79 Å². The highest BCUT2D eigenvalue weighted by Gasteiger charge is 2.16. The summed E-state index contributed by atoms with van der Waals surface area (Å²) in [5, 5.41) is 3.21. The van der Waals surface area contributed by atoms with Crippen molar-refractivity contribution < 1.29 is 9.53 Å². The van der Waals surface area contributed by atoms with Gasteiger partial charge in [0.25, 0.3) is 0 Å². The van der Waals surface area contributed by atoms with Crippen LogP contribution in [0.25, 0.3) is 0 Å². The van der Waals surface area contributed by atoms with Crippen LogP contribution >= 0.6 is 0 Å². The minimum atomic E-state index is -0.0198. The normalized spacial score (nSPS) is 11.6. The molecule has 0 aliphatic heterocycles. The Balaban J connectivity index is 1.70. The molecule has 0 fully saturated rings. The maximum Gasteiger partial charge on any atom is 0.225 e. The number of benzene rings is 3. The molecule has 0 spiro atoms. The fourth-order valence-corrected chi connectivity index (χ4v) is 3.23. The Bertz CT molecular complexity index is 847. The minimum Gasteiger partial charge on any atom is -0.496 e. The van der Waals surface area contributed by atoms with E-state index in [2.05, 4.69) is 29.6 Å². The number of hydrogen-bond acceptors (Lipinski definition) is 2. The van der Waals surface area contributed by atoms with Crippen molar-refractivity contribution in [3.8, 4) is 5.75 Å². The van der Waals surface area contributed by atoms with E-state index in [-0.39, 0.29) is 11.9 Å². The van der Waals surface area contributed by atoms with Crippen molar-refractivity contribution in [2.45, 2.75) is 25.3 Å². The van der Waals surface area contributed by atoms with E-state index >= 15 is 0 Å². The Labute approximate surface area is 161 Å². The van der Waals surface area contributed by atoms with Gasteiger partial charge in [0, 0.05) is 5.56 Å². The van der Waals surface area contributed by atoms with E-state index in [4.69, 9.17) is 4.74 Å². The number of rotatable bonds is 8. The van der Waals surface area contributed by atoms with Crippen molar-refractivity contribution in [3.05, 3.63) is 102 Å². The highest BCUT2D eigenvalue weighted by atomic mass is 16.5. The molecule has 3 rings (SSSR count). The summed E-state index contributed by atoms with van der Waals surface area (Å²) >= 11 is 0. The van der Waals surface area contributed by atoms with Crippen LogP contribution in [0.5, 0.6) is 5.75 Å². The molecule has 138 valence electrons. The fraction of sp³-hybridized carbons (Fsp3) is 0.208.